The highest BCUT2D eigenvalue weighted by atomic mass is 19.1. The largest absolute Gasteiger partial charge is 0.457 e. The standard InChI is InChI=1S/C18H18FNO2/c19-16-7-3-2-6-15(16)17-10-8-14(22-17)9-11-18(21)20-12-4-1-5-13-20/h2-3,6-11H,1,4-5,12-13H2/b11-9+. The van der Waals surface area contributed by atoms with Crippen LogP contribution in [0.15, 0.2) is 46.9 Å². The van der Waals surface area contributed by atoms with Gasteiger partial charge in [0.2, 0.25) is 5.91 Å². The van der Waals surface area contributed by atoms with Gasteiger partial charge in [0.15, 0.2) is 0 Å². The third-order valence-electron chi connectivity index (χ3n) is 3.82. The molecule has 0 saturated carbocycles. The van der Waals surface area contributed by atoms with Crippen molar-refractivity contribution in [2.75, 3.05) is 13.1 Å². The molecule has 1 fully saturated rings. The first-order valence-corrected chi connectivity index (χ1v) is 7.56. The Bertz CT molecular complexity index is 684. The molecule has 0 unspecified atom stereocenters. The fourth-order valence-electron chi connectivity index (χ4n) is 2.62. The summed E-state index contributed by atoms with van der Waals surface area (Å²) in [4.78, 5) is 13.9. The summed E-state index contributed by atoms with van der Waals surface area (Å²) in [7, 11) is 0. The lowest BCUT2D eigenvalue weighted by Gasteiger charge is -2.25. The zero-order valence-electron chi connectivity index (χ0n) is 12.3. The van der Waals surface area contributed by atoms with Crippen molar-refractivity contribution in [2.24, 2.45) is 0 Å². The van der Waals surface area contributed by atoms with Crippen molar-refractivity contribution in [3.63, 3.8) is 0 Å². The van der Waals surface area contributed by atoms with Crippen molar-refractivity contribution < 1.29 is 13.6 Å². The lowest BCUT2D eigenvalue weighted by Crippen LogP contribution is -2.34. The van der Waals surface area contributed by atoms with E-state index in [-0.39, 0.29) is 11.7 Å². The van der Waals surface area contributed by atoms with Crippen LogP contribution in [-0.4, -0.2) is 23.9 Å². The van der Waals surface area contributed by atoms with E-state index in [2.05, 4.69) is 0 Å². The number of likely N-dealkylation sites (tertiary alicyclic amines) is 1. The molecule has 3 nitrogen and oxygen atoms in total. The molecular weight excluding hydrogens is 281 g/mol. The molecule has 4 heteroatoms. The van der Waals surface area contributed by atoms with E-state index in [1.165, 1.54) is 18.6 Å². The maximum atomic E-state index is 13.7. The van der Waals surface area contributed by atoms with Gasteiger partial charge in [0.25, 0.3) is 0 Å². The van der Waals surface area contributed by atoms with Crippen LogP contribution in [0.4, 0.5) is 4.39 Å². The average Bonchev–Trinajstić information content (AvgIpc) is 3.02. The van der Waals surface area contributed by atoms with Crippen molar-refractivity contribution in [2.45, 2.75) is 19.3 Å². The van der Waals surface area contributed by atoms with E-state index in [1.807, 2.05) is 4.90 Å². The molecular formula is C18H18FNO2. The summed E-state index contributed by atoms with van der Waals surface area (Å²) in [6.45, 7) is 1.64. The molecule has 3 rings (SSSR count). The number of halogens is 1. The molecule has 1 saturated heterocycles. The van der Waals surface area contributed by atoms with E-state index in [0.29, 0.717) is 17.1 Å². The number of hydrogen-bond acceptors (Lipinski definition) is 2. The topological polar surface area (TPSA) is 33.5 Å². The minimum atomic E-state index is -0.322. The molecule has 2 aromatic rings. The number of furan rings is 1. The van der Waals surface area contributed by atoms with Crippen LogP contribution in [0.1, 0.15) is 25.0 Å². The fraction of sp³-hybridized carbons (Fsp3) is 0.278. The van der Waals surface area contributed by atoms with Crippen LogP contribution in [0.25, 0.3) is 17.4 Å². The van der Waals surface area contributed by atoms with Gasteiger partial charge in [-0.3, -0.25) is 4.79 Å². The predicted octanol–water partition coefficient (Wildman–Crippen LogP) is 4.11. The van der Waals surface area contributed by atoms with Crippen LogP contribution in [0.5, 0.6) is 0 Å². The van der Waals surface area contributed by atoms with Crippen LogP contribution >= 0.6 is 0 Å². The van der Waals surface area contributed by atoms with Gasteiger partial charge in [0, 0.05) is 19.2 Å². The van der Waals surface area contributed by atoms with E-state index >= 15 is 0 Å². The number of amides is 1. The Hall–Kier alpha value is -2.36. The minimum Gasteiger partial charge on any atom is -0.457 e. The highest BCUT2D eigenvalue weighted by Crippen LogP contribution is 2.25. The molecule has 1 aromatic heterocycles. The van der Waals surface area contributed by atoms with Crippen LogP contribution in [0, 0.1) is 5.82 Å². The van der Waals surface area contributed by atoms with E-state index in [9.17, 15) is 9.18 Å². The second kappa shape index (κ2) is 6.60. The molecule has 0 N–H and O–H groups in total. The van der Waals surface area contributed by atoms with Gasteiger partial charge in [-0.1, -0.05) is 12.1 Å². The minimum absolute atomic E-state index is 0.00328. The second-order valence-electron chi connectivity index (χ2n) is 5.40. The van der Waals surface area contributed by atoms with Crippen molar-refractivity contribution >= 4 is 12.0 Å². The molecule has 1 amide bonds. The first-order chi connectivity index (χ1) is 10.7. The van der Waals surface area contributed by atoms with E-state index in [4.69, 9.17) is 4.42 Å². The third-order valence-corrected chi connectivity index (χ3v) is 3.82. The van der Waals surface area contributed by atoms with Gasteiger partial charge in [0.05, 0.1) is 5.56 Å². The third kappa shape index (κ3) is 3.27. The summed E-state index contributed by atoms with van der Waals surface area (Å²) >= 11 is 0. The van der Waals surface area contributed by atoms with Gasteiger partial charge < -0.3 is 9.32 Å². The molecule has 0 radical (unpaired) electrons. The molecule has 0 spiro atoms. The number of piperidine rings is 1. The highest BCUT2D eigenvalue weighted by molar-refractivity contribution is 5.91. The van der Waals surface area contributed by atoms with E-state index in [1.54, 1.807) is 36.4 Å². The Balaban J connectivity index is 1.70. The van der Waals surface area contributed by atoms with Gasteiger partial charge in [-0.15, -0.1) is 0 Å². The molecule has 2 heterocycles. The highest BCUT2D eigenvalue weighted by Gasteiger charge is 2.14. The fourth-order valence-corrected chi connectivity index (χ4v) is 2.62. The first kappa shape index (κ1) is 14.6. The van der Waals surface area contributed by atoms with Gasteiger partial charge in [-0.05, 0) is 49.6 Å². The number of nitrogens with zero attached hydrogens (tertiary/aromatic N) is 1. The van der Waals surface area contributed by atoms with E-state index < -0.39 is 0 Å². The molecule has 0 bridgehead atoms. The molecule has 1 aliphatic rings. The van der Waals surface area contributed by atoms with Gasteiger partial charge in [0.1, 0.15) is 17.3 Å². The number of carbonyl (C=O) groups is 1. The zero-order valence-corrected chi connectivity index (χ0v) is 12.3. The number of carbonyl (C=O) groups excluding carboxylic acids is 1. The molecule has 0 atom stereocenters. The Labute approximate surface area is 129 Å². The summed E-state index contributed by atoms with van der Waals surface area (Å²) in [6, 6.07) is 9.91. The monoisotopic (exact) mass is 299 g/mol. The van der Waals surface area contributed by atoms with Gasteiger partial charge in [-0.2, -0.15) is 0 Å². The van der Waals surface area contributed by atoms with Gasteiger partial charge in [-0.25, -0.2) is 4.39 Å². The quantitative estimate of drug-likeness (QED) is 0.799. The van der Waals surface area contributed by atoms with Crippen LogP contribution < -0.4 is 0 Å². The molecule has 0 aliphatic carbocycles. The summed E-state index contributed by atoms with van der Waals surface area (Å²) in [5.74, 6) is 0.687. The van der Waals surface area contributed by atoms with E-state index in [0.717, 1.165) is 25.9 Å². The Morgan fingerprint density at radius 2 is 1.86 bits per heavy atom. The maximum absolute atomic E-state index is 13.7. The Kier molecular flexibility index (Phi) is 4.37. The van der Waals surface area contributed by atoms with Crippen LogP contribution in [-0.2, 0) is 4.79 Å². The van der Waals surface area contributed by atoms with Crippen molar-refractivity contribution in [3.05, 3.63) is 54.1 Å². The van der Waals surface area contributed by atoms with Crippen molar-refractivity contribution in [1.82, 2.24) is 4.90 Å². The molecule has 22 heavy (non-hydrogen) atoms. The Morgan fingerprint density at radius 3 is 2.64 bits per heavy atom. The number of benzene rings is 1. The number of rotatable bonds is 3. The molecule has 114 valence electrons. The zero-order chi connectivity index (χ0) is 15.4. The Morgan fingerprint density at radius 1 is 1.09 bits per heavy atom. The lowest BCUT2D eigenvalue weighted by molar-refractivity contribution is -0.126. The lowest BCUT2D eigenvalue weighted by atomic mass is 10.1. The first-order valence-electron chi connectivity index (χ1n) is 7.56. The summed E-state index contributed by atoms with van der Waals surface area (Å²) in [6.07, 6.45) is 6.49. The SMILES string of the molecule is O=C(/C=C/c1ccc(-c2ccccc2F)o1)N1CCCCC1. The van der Waals surface area contributed by atoms with Crippen molar-refractivity contribution in [3.8, 4) is 11.3 Å². The molecule has 1 aliphatic heterocycles. The average molecular weight is 299 g/mol. The summed E-state index contributed by atoms with van der Waals surface area (Å²) < 4.78 is 19.3. The van der Waals surface area contributed by atoms with Gasteiger partial charge >= 0.3 is 0 Å². The maximum Gasteiger partial charge on any atom is 0.246 e. The second-order valence-corrected chi connectivity index (χ2v) is 5.40. The van der Waals surface area contributed by atoms with Crippen molar-refractivity contribution in [1.29, 1.82) is 0 Å². The number of hydrogen-bond donors (Lipinski definition) is 0. The summed E-state index contributed by atoms with van der Waals surface area (Å²) in [5, 5.41) is 0. The van der Waals surface area contributed by atoms with Crippen LogP contribution in [0.3, 0.4) is 0 Å². The molecule has 1 aromatic carbocycles. The predicted molar refractivity (Wildman–Crippen MR) is 83.6 cm³/mol. The summed E-state index contributed by atoms with van der Waals surface area (Å²) in [5.41, 5.74) is 0.421. The van der Waals surface area contributed by atoms with Crippen LogP contribution in [0.2, 0.25) is 0 Å². The smallest absolute Gasteiger partial charge is 0.246 e. The normalized spacial score (nSPS) is 15.4.